The highest BCUT2D eigenvalue weighted by Gasteiger charge is 2.12. The smallest absolute Gasteiger partial charge is 0.205 e. The van der Waals surface area contributed by atoms with Crippen molar-refractivity contribution in [2.45, 2.75) is 0 Å². The van der Waals surface area contributed by atoms with Crippen molar-refractivity contribution < 1.29 is 4.74 Å². The number of nitrogens with one attached hydrogen (secondary N) is 3. The Kier molecular flexibility index (Phi) is 4.32. The maximum absolute atomic E-state index is 5.93. The molecule has 32 heavy (non-hydrogen) atoms. The lowest BCUT2D eigenvalue weighted by atomic mass is 10.1. The molecule has 0 unspecified atom stereocenters. The minimum Gasteiger partial charge on any atom is -0.457 e. The van der Waals surface area contributed by atoms with Crippen LogP contribution in [0.1, 0.15) is 0 Å². The highest BCUT2D eigenvalue weighted by Crippen LogP contribution is 2.32. The number of fused-ring (bicyclic) bond motifs is 2. The molecule has 0 spiro atoms. The van der Waals surface area contributed by atoms with Gasteiger partial charge < -0.3 is 20.0 Å². The number of nitrogens with zero attached hydrogens (tertiary/aromatic N) is 2. The van der Waals surface area contributed by atoms with E-state index in [9.17, 15) is 0 Å². The molecule has 0 saturated carbocycles. The molecule has 3 heterocycles. The number of imidazole rings is 1. The Hall–Kier alpha value is -4.58. The Morgan fingerprint density at radius 3 is 2.47 bits per heavy atom. The number of rotatable bonds is 5. The molecule has 6 nitrogen and oxygen atoms in total. The number of anilines is 2. The minimum atomic E-state index is 0.643. The van der Waals surface area contributed by atoms with Gasteiger partial charge >= 0.3 is 0 Å². The fourth-order valence-corrected chi connectivity index (χ4v) is 3.84. The molecule has 0 radical (unpaired) electrons. The van der Waals surface area contributed by atoms with Gasteiger partial charge in [-0.15, -0.1) is 0 Å². The van der Waals surface area contributed by atoms with Gasteiger partial charge in [0.15, 0.2) is 0 Å². The molecule has 0 amide bonds. The van der Waals surface area contributed by atoms with E-state index in [1.165, 1.54) is 0 Å². The zero-order chi connectivity index (χ0) is 21.3. The quantitative estimate of drug-likeness (QED) is 0.294. The molecule has 0 bridgehead atoms. The first kappa shape index (κ1) is 18.2. The number of hydrogen-bond donors (Lipinski definition) is 3. The topological polar surface area (TPSA) is 78.6 Å². The summed E-state index contributed by atoms with van der Waals surface area (Å²) in [5.41, 5.74) is 6.69. The summed E-state index contributed by atoms with van der Waals surface area (Å²) in [6.07, 6.45) is 3.75. The molecule has 3 N–H and O–H groups in total. The molecule has 0 atom stereocenters. The van der Waals surface area contributed by atoms with E-state index in [1.54, 1.807) is 0 Å². The fourth-order valence-electron chi connectivity index (χ4n) is 3.84. The van der Waals surface area contributed by atoms with Crippen LogP contribution in [-0.4, -0.2) is 19.9 Å². The van der Waals surface area contributed by atoms with Crippen molar-refractivity contribution in [1.29, 1.82) is 0 Å². The molecular weight excluding hydrogens is 398 g/mol. The normalized spacial score (nSPS) is 11.1. The number of aromatic nitrogens is 4. The molecule has 6 rings (SSSR count). The summed E-state index contributed by atoms with van der Waals surface area (Å²) in [4.78, 5) is 15.9. The van der Waals surface area contributed by atoms with E-state index in [0.29, 0.717) is 5.95 Å². The van der Waals surface area contributed by atoms with E-state index in [0.717, 1.165) is 50.4 Å². The number of para-hydroxylation sites is 1. The van der Waals surface area contributed by atoms with Crippen LogP contribution in [0, 0.1) is 0 Å². The molecule has 6 heteroatoms. The first-order valence-electron chi connectivity index (χ1n) is 10.3. The van der Waals surface area contributed by atoms with Crippen LogP contribution in [0.2, 0.25) is 0 Å². The van der Waals surface area contributed by atoms with Gasteiger partial charge in [0.2, 0.25) is 5.95 Å². The van der Waals surface area contributed by atoms with Crippen LogP contribution in [0.5, 0.6) is 11.5 Å². The Labute approximate surface area is 183 Å². The van der Waals surface area contributed by atoms with Crippen LogP contribution in [0.3, 0.4) is 0 Å². The van der Waals surface area contributed by atoms with E-state index in [4.69, 9.17) is 4.74 Å². The van der Waals surface area contributed by atoms with E-state index in [1.807, 2.05) is 85.2 Å². The molecule has 3 aromatic carbocycles. The van der Waals surface area contributed by atoms with Gasteiger partial charge in [-0.05, 0) is 35.9 Å². The van der Waals surface area contributed by atoms with Gasteiger partial charge in [-0.3, -0.25) is 4.98 Å². The van der Waals surface area contributed by atoms with Crippen molar-refractivity contribution >= 4 is 33.7 Å². The summed E-state index contributed by atoms with van der Waals surface area (Å²) < 4.78 is 5.93. The molecular formula is C26H19N5O. The molecule has 0 aliphatic rings. The van der Waals surface area contributed by atoms with E-state index in [-0.39, 0.29) is 0 Å². The fraction of sp³-hybridized carbons (Fsp3) is 0. The molecule has 6 aromatic rings. The van der Waals surface area contributed by atoms with Crippen molar-refractivity contribution in [3.05, 3.63) is 97.3 Å². The second kappa shape index (κ2) is 7.59. The number of ether oxygens (including phenoxy) is 1. The monoisotopic (exact) mass is 417 g/mol. The minimum absolute atomic E-state index is 0.643. The summed E-state index contributed by atoms with van der Waals surface area (Å²) in [5.74, 6) is 2.17. The lowest BCUT2D eigenvalue weighted by Gasteiger charge is -2.04. The Bertz CT molecular complexity index is 1520. The van der Waals surface area contributed by atoms with Gasteiger partial charge in [0.25, 0.3) is 0 Å². The second-order valence-corrected chi connectivity index (χ2v) is 7.45. The molecule has 0 saturated heterocycles. The summed E-state index contributed by atoms with van der Waals surface area (Å²) >= 11 is 0. The van der Waals surface area contributed by atoms with Gasteiger partial charge in [0, 0.05) is 24.0 Å². The second-order valence-electron chi connectivity index (χ2n) is 7.45. The number of H-pyrrole nitrogens is 2. The predicted molar refractivity (Wildman–Crippen MR) is 127 cm³/mol. The summed E-state index contributed by atoms with van der Waals surface area (Å²) in [6.45, 7) is 0. The van der Waals surface area contributed by atoms with Crippen molar-refractivity contribution in [2.24, 2.45) is 0 Å². The van der Waals surface area contributed by atoms with Gasteiger partial charge in [-0.1, -0.05) is 48.5 Å². The van der Waals surface area contributed by atoms with E-state index in [2.05, 4.69) is 37.4 Å². The highest BCUT2D eigenvalue weighted by atomic mass is 16.5. The third-order valence-corrected chi connectivity index (χ3v) is 5.34. The SMILES string of the molecule is c1ccc(Oc2ccc3[nH]c(Nc4c[nH]c5c(-c6ccccc6)ccnc45)nc3c2)cc1. The lowest BCUT2D eigenvalue weighted by Crippen LogP contribution is -1.92. The first-order valence-corrected chi connectivity index (χ1v) is 10.3. The van der Waals surface area contributed by atoms with Crippen LogP contribution in [0.15, 0.2) is 97.3 Å². The summed E-state index contributed by atoms with van der Waals surface area (Å²) in [7, 11) is 0. The number of hydrogen-bond acceptors (Lipinski definition) is 4. The zero-order valence-corrected chi connectivity index (χ0v) is 17.0. The third-order valence-electron chi connectivity index (χ3n) is 5.34. The Morgan fingerprint density at radius 2 is 1.62 bits per heavy atom. The number of aromatic amines is 2. The van der Waals surface area contributed by atoms with Crippen LogP contribution < -0.4 is 10.1 Å². The lowest BCUT2D eigenvalue weighted by molar-refractivity contribution is 0.483. The molecule has 0 aliphatic carbocycles. The van der Waals surface area contributed by atoms with Crippen LogP contribution >= 0.6 is 0 Å². The average Bonchev–Trinajstić information content (AvgIpc) is 3.44. The molecule has 3 aromatic heterocycles. The van der Waals surface area contributed by atoms with Gasteiger partial charge in [0.1, 0.15) is 17.0 Å². The Balaban J connectivity index is 1.31. The zero-order valence-electron chi connectivity index (χ0n) is 17.0. The largest absolute Gasteiger partial charge is 0.457 e. The standard InChI is InChI=1S/C26H19N5O/c1-3-7-17(8-4-1)20-13-14-27-25-23(16-28-24(20)25)31-26-29-21-12-11-19(15-22(21)30-26)32-18-9-5-2-6-10-18/h1-16,28H,(H2,29,30,31). The number of pyridine rings is 1. The van der Waals surface area contributed by atoms with Gasteiger partial charge in [-0.2, -0.15) is 0 Å². The van der Waals surface area contributed by atoms with Crippen molar-refractivity contribution in [1.82, 2.24) is 19.9 Å². The number of benzene rings is 3. The van der Waals surface area contributed by atoms with Gasteiger partial charge in [0.05, 0.1) is 22.2 Å². The van der Waals surface area contributed by atoms with Crippen LogP contribution in [0.25, 0.3) is 33.2 Å². The van der Waals surface area contributed by atoms with Crippen molar-refractivity contribution in [3.8, 4) is 22.6 Å². The highest BCUT2D eigenvalue weighted by molar-refractivity contribution is 5.99. The molecule has 0 fully saturated rings. The van der Waals surface area contributed by atoms with Crippen LogP contribution in [-0.2, 0) is 0 Å². The summed E-state index contributed by atoms with van der Waals surface area (Å²) in [5, 5.41) is 3.36. The van der Waals surface area contributed by atoms with Crippen molar-refractivity contribution in [3.63, 3.8) is 0 Å². The predicted octanol–water partition coefficient (Wildman–Crippen LogP) is 6.64. The maximum Gasteiger partial charge on any atom is 0.205 e. The first-order chi connectivity index (χ1) is 15.8. The van der Waals surface area contributed by atoms with E-state index >= 15 is 0 Å². The maximum atomic E-state index is 5.93. The summed E-state index contributed by atoms with van der Waals surface area (Å²) in [6, 6.07) is 27.8. The van der Waals surface area contributed by atoms with Gasteiger partial charge in [-0.25, -0.2) is 4.98 Å². The Morgan fingerprint density at radius 1 is 0.812 bits per heavy atom. The average molecular weight is 417 g/mol. The third kappa shape index (κ3) is 3.33. The molecule has 154 valence electrons. The van der Waals surface area contributed by atoms with E-state index < -0.39 is 0 Å². The molecule has 0 aliphatic heterocycles. The van der Waals surface area contributed by atoms with Crippen molar-refractivity contribution in [2.75, 3.05) is 5.32 Å². The van der Waals surface area contributed by atoms with Crippen LogP contribution in [0.4, 0.5) is 11.6 Å².